The van der Waals surface area contributed by atoms with Crippen molar-refractivity contribution in [2.45, 2.75) is 12.3 Å². The topological polar surface area (TPSA) is 50.4 Å². The second-order valence-electron chi connectivity index (χ2n) is 3.05. The highest BCUT2D eigenvalue weighted by atomic mass is 35.5. The first-order valence-corrected chi connectivity index (χ1v) is 4.38. The molecule has 0 fully saturated rings. The lowest BCUT2D eigenvalue weighted by atomic mass is 10.4. The zero-order valence-electron chi connectivity index (χ0n) is 7.58. The molecular weight excluding hydrogens is 228 g/mol. The monoisotopic (exact) mass is 233 g/mol. The van der Waals surface area contributed by atoms with E-state index in [-0.39, 0.29) is 5.65 Å². The van der Waals surface area contributed by atoms with E-state index in [9.17, 15) is 13.9 Å². The molecule has 2 aromatic heterocycles. The van der Waals surface area contributed by atoms with E-state index in [2.05, 4.69) is 9.97 Å². The Morgan fingerprint density at radius 1 is 1.47 bits per heavy atom. The van der Waals surface area contributed by atoms with Gasteiger partial charge in [-0.15, -0.1) is 0 Å². The van der Waals surface area contributed by atoms with Crippen molar-refractivity contribution in [2.24, 2.45) is 0 Å². The first kappa shape index (κ1) is 10.1. The molecule has 0 saturated heterocycles. The Kier molecular flexibility index (Phi) is 2.04. The van der Waals surface area contributed by atoms with Crippen molar-refractivity contribution in [1.29, 1.82) is 0 Å². The molecule has 0 saturated carbocycles. The third-order valence-electron chi connectivity index (χ3n) is 1.85. The van der Waals surface area contributed by atoms with Gasteiger partial charge in [-0.05, 0) is 18.5 Å². The molecule has 0 atom stereocenters. The molecule has 0 amide bonds. The zero-order valence-corrected chi connectivity index (χ0v) is 8.33. The van der Waals surface area contributed by atoms with Crippen LogP contribution in [0, 0.1) is 6.92 Å². The van der Waals surface area contributed by atoms with E-state index in [0.717, 1.165) is 6.07 Å². The summed E-state index contributed by atoms with van der Waals surface area (Å²) in [5.74, 6) is 0. The number of alkyl halides is 3. The fourth-order valence-corrected chi connectivity index (χ4v) is 1.34. The van der Waals surface area contributed by atoms with Gasteiger partial charge >= 0.3 is 5.38 Å². The zero-order chi connectivity index (χ0) is 11.2. The summed E-state index contributed by atoms with van der Waals surface area (Å²) in [7, 11) is 0. The van der Waals surface area contributed by atoms with Crippen LogP contribution in [0.2, 0.25) is 0 Å². The number of nitrogens with zero attached hydrogens (tertiary/aromatic N) is 3. The van der Waals surface area contributed by atoms with Crippen molar-refractivity contribution >= 4 is 17.2 Å². The lowest BCUT2D eigenvalue weighted by Gasteiger charge is -2.07. The molecule has 15 heavy (non-hydrogen) atoms. The standard InChI is InChI=1S/C8H6ClF2N3O/c1-4-3-14-6(12-4)2-5(8(9,10)11)13-7(14)15/h2-3H,1H3,(H,13,15). The summed E-state index contributed by atoms with van der Waals surface area (Å²) < 4.78 is 26.6. The van der Waals surface area contributed by atoms with Crippen molar-refractivity contribution in [1.82, 2.24) is 14.4 Å². The number of fused-ring (bicyclic) bond motifs is 1. The summed E-state index contributed by atoms with van der Waals surface area (Å²) in [6, 6.07) is 0.461. The third-order valence-corrected chi connectivity index (χ3v) is 2.04. The van der Waals surface area contributed by atoms with Crippen molar-refractivity contribution in [2.75, 3.05) is 0 Å². The number of halogens is 3. The minimum Gasteiger partial charge on any atom is -0.480 e. The maximum atomic E-state index is 12.7. The SMILES string of the molecule is Cc1cn2c(O)nc(C(F)(F)Cl)cc2n1. The van der Waals surface area contributed by atoms with Crippen LogP contribution in [0.4, 0.5) is 8.78 Å². The summed E-state index contributed by atoms with van der Waals surface area (Å²) in [4.78, 5) is 7.20. The molecule has 7 heteroatoms. The molecule has 0 unspecified atom stereocenters. The van der Waals surface area contributed by atoms with E-state index in [1.807, 2.05) is 0 Å². The molecular formula is C8H6ClF2N3O. The van der Waals surface area contributed by atoms with Crippen LogP contribution in [-0.2, 0) is 5.38 Å². The van der Waals surface area contributed by atoms with Gasteiger partial charge in [-0.2, -0.15) is 13.8 Å². The van der Waals surface area contributed by atoms with Gasteiger partial charge in [0.2, 0.25) is 0 Å². The van der Waals surface area contributed by atoms with Crippen LogP contribution in [0.5, 0.6) is 6.01 Å². The highest BCUT2D eigenvalue weighted by Crippen LogP contribution is 2.32. The summed E-state index contributed by atoms with van der Waals surface area (Å²) >= 11 is 4.79. The molecule has 0 aromatic carbocycles. The largest absolute Gasteiger partial charge is 0.480 e. The van der Waals surface area contributed by atoms with Crippen LogP contribution in [0.3, 0.4) is 0 Å². The van der Waals surface area contributed by atoms with Gasteiger partial charge in [0, 0.05) is 12.3 Å². The van der Waals surface area contributed by atoms with Gasteiger partial charge in [-0.25, -0.2) is 4.98 Å². The average molecular weight is 234 g/mol. The third kappa shape index (κ3) is 1.72. The number of hydrogen-bond donors (Lipinski definition) is 1. The second-order valence-corrected chi connectivity index (χ2v) is 3.52. The van der Waals surface area contributed by atoms with Crippen LogP contribution in [0.25, 0.3) is 5.65 Å². The minimum atomic E-state index is -3.61. The molecule has 4 nitrogen and oxygen atoms in total. The average Bonchev–Trinajstić information content (AvgIpc) is 2.44. The van der Waals surface area contributed by atoms with E-state index < -0.39 is 17.1 Å². The fraction of sp³-hybridized carbons (Fsp3) is 0.250. The Balaban J connectivity index is 2.72. The molecule has 0 spiro atoms. The maximum absolute atomic E-state index is 12.7. The summed E-state index contributed by atoms with van der Waals surface area (Å²) in [5, 5.41) is 5.74. The lowest BCUT2D eigenvalue weighted by Crippen LogP contribution is -2.07. The van der Waals surface area contributed by atoms with Gasteiger partial charge in [-0.1, -0.05) is 0 Å². The van der Waals surface area contributed by atoms with E-state index >= 15 is 0 Å². The van der Waals surface area contributed by atoms with Crippen LogP contribution >= 0.6 is 11.6 Å². The highest BCUT2D eigenvalue weighted by Gasteiger charge is 2.31. The van der Waals surface area contributed by atoms with Crippen LogP contribution < -0.4 is 0 Å². The second kappa shape index (κ2) is 3.03. The van der Waals surface area contributed by atoms with E-state index in [4.69, 9.17) is 11.6 Å². The first-order chi connectivity index (χ1) is 6.88. The Morgan fingerprint density at radius 3 is 2.73 bits per heavy atom. The van der Waals surface area contributed by atoms with Crippen molar-refractivity contribution in [3.63, 3.8) is 0 Å². The van der Waals surface area contributed by atoms with Crippen molar-refractivity contribution in [3.8, 4) is 6.01 Å². The van der Waals surface area contributed by atoms with Gasteiger partial charge in [-0.3, -0.25) is 4.40 Å². The van der Waals surface area contributed by atoms with Crippen LogP contribution in [0.15, 0.2) is 12.3 Å². The molecule has 0 aliphatic heterocycles. The predicted molar refractivity (Wildman–Crippen MR) is 49.1 cm³/mol. The first-order valence-electron chi connectivity index (χ1n) is 4.01. The molecule has 2 rings (SSSR count). The minimum absolute atomic E-state index is 0.176. The smallest absolute Gasteiger partial charge is 0.365 e. The summed E-state index contributed by atoms with van der Waals surface area (Å²) in [5.41, 5.74) is 0.0391. The molecule has 0 aliphatic rings. The number of aromatic nitrogens is 3. The van der Waals surface area contributed by atoms with E-state index in [1.54, 1.807) is 6.92 Å². The van der Waals surface area contributed by atoms with Gasteiger partial charge in [0.25, 0.3) is 6.01 Å². The normalized spacial score (nSPS) is 12.3. The molecule has 0 aliphatic carbocycles. The summed E-state index contributed by atoms with van der Waals surface area (Å²) in [6.45, 7) is 1.67. The molecule has 0 bridgehead atoms. The Morgan fingerprint density at radius 2 is 2.13 bits per heavy atom. The Bertz CT molecular complexity index is 520. The van der Waals surface area contributed by atoms with Crippen molar-refractivity contribution < 1.29 is 13.9 Å². The van der Waals surface area contributed by atoms with Gasteiger partial charge in [0.15, 0.2) is 0 Å². The molecule has 0 radical (unpaired) electrons. The van der Waals surface area contributed by atoms with Crippen molar-refractivity contribution in [3.05, 3.63) is 23.7 Å². The molecule has 80 valence electrons. The number of aryl methyl sites for hydroxylation is 1. The molecule has 2 heterocycles. The van der Waals surface area contributed by atoms with Crippen LogP contribution in [0.1, 0.15) is 11.4 Å². The molecule has 2 aromatic rings. The van der Waals surface area contributed by atoms with Gasteiger partial charge in [0.05, 0.1) is 5.69 Å². The number of aromatic hydroxyl groups is 1. The number of rotatable bonds is 1. The fourth-order valence-electron chi connectivity index (χ4n) is 1.24. The Labute approximate surface area is 88.1 Å². The Hall–Kier alpha value is -1.43. The highest BCUT2D eigenvalue weighted by molar-refractivity contribution is 6.21. The molecule has 1 N–H and O–H groups in total. The summed E-state index contributed by atoms with van der Waals surface area (Å²) in [6.07, 6.45) is 1.48. The van der Waals surface area contributed by atoms with Crippen LogP contribution in [-0.4, -0.2) is 19.5 Å². The number of hydrogen-bond acceptors (Lipinski definition) is 3. The maximum Gasteiger partial charge on any atom is 0.365 e. The quantitative estimate of drug-likeness (QED) is 0.767. The van der Waals surface area contributed by atoms with E-state index in [1.165, 1.54) is 10.6 Å². The predicted octanol–water partition coefficient (Wildman–Crippen LogP) is 2.03. The lowest BCUT2D eigenvalue weighted by molar-refractivity contribution is 0.0889. The van der Waals surface area contributed by atoms with E-state index in [0.29, 0.717) is 5.69 Å². The number of imidazole rings is 1. The van der Waals surface area contributed by atoms with Gasteiger partial charge in [0.1, 0.15) is 11.3 Å². The van der Waals surface area contributed by atoms with Gasteiger partial charge < -0.3 is 5.11 Å².